The fourth-order valence-corrected chi connectivity index (χ4v) is 3.36. The zero-order chi connectivity index (χ0) is 13.1. The Morgan fingerprint density at radius 2 is 1.95 bits per heavy atom. The molecule has 0 unspecified atom stereocenters. The summed E-state index contributed by atoms with van der Waals surface area (Å²) in [6, 6.07) is 4.89. The van der Waals surface area contributed by atoms with Crippen LogP contribution in [0.25, 0.3) is 0 Å². The van der Waals surface area contributed by atoms with Gasteiger partial charge in [0.05, 0.1) is 0 Å². The minimum atomic E-state index is 0.680. The number of rotatable bonds is 5. The lowest BCUT2D eigenvalue weighted by molar-refractivity contribution is 0.141. The Morgan fingerprint density at radius 3 is 2.63 bits per heavy atom. The molecule has 0 radical (unpaired) electrons. The van der Waals surface area contributed by atoms with Crippen LogP contribution in [-0.2, 0) is 6.54 Å². The number of hydrogen-bond donors (Lipinski definition) is 0. The maximum atomic E-state index is 6.22. The summed E-state index contributed by atoms with van der Waals surface area (Å²) in [5, 5.41) is 0.680. The molecule has 3 rings (SSSR count). The lowest BCUT2D eigenvalue weighted by Gasteiger charge is -2.34. The van der Waals surface area contributed by atoms with Crippen LogP contribution in [0.1, 0.15) is 50.5 Å². The van der Waals surface area contributed by atoms with Gasteiger partial charge < -0.3 is 0 Å². The second kappa shape index (κ2) is 6.23. The van der Waals surface area contributed by atoms with Crippen LogP contribution in [0, 0.1) is 5.92 Å². The first kappa shape index (κ1) is 13.4. The van der Waals surface area contributed by atoms with Gasteiger partial charge in [-0.2, -0.15) is 0 Å². The molecule has 104 valence electrons. The SMILES string of the molecule is Clc1ncccc1CN(CC1CC1)C1CCCCC1. The first-order valence-electron chi connectivity index (χ1n) is 7.66. The topological polar surface area (TPSA) is 16.1 Å². The molecule has 2 saturated carbocycles. The van der Waals surface area contributed by atoms with E-state index >= 15 is 0 Å². The highest BCUT2D eigenvalue weighted by atomic mass is 35.5. The van der Waals surface area contributed by atoms with Crippen LogP contribution in [0.3, 0.4) is 0 Å². The van der Waals surface area contributed by atoms with E-state index in [2.05, 4.69) is 16.0 Å². The predicted octanol–water partition coefficient (Wildman–Crippen LogP) is 4.28. The molecule has 0 aliphatic heterocycles. The van der Waals surface area contributed by atoms with Crippen molar-refractivity contribution in [1.82, 2.24) is 9.88 Å². The van der Waals surface area contributed by atoms with Gasteiger partial charge in [0.15, 0.2) is 0 Å². The van der Waals surface area contributed by atoms with E-state index in [9.17, 15) is 0 Å². The van der Waals surface area contributed by atoms with Crippen molar-refractivity contribution < 1.29 is 0 Å². The van der Waals surface area contributed by atoms with Crippen molar-refractivity contribution in [3.63, 3.8) is 0 Å². The van der Waals surface area contributed by atoms with Gasteiger partial charge >= 0.3 is 0 Å². The molecule has 1 aromatic heterocycles. The highest BCUT2D eigenvalue weighted by molar-refractivity contribution is 6.30. The molecule has 19 heavy (non-hydrogen) atoms. The quantitative estimate of drug-likeness (QED) is 0.748. The van der Waals surface area contributed by atoms with Gasteiger partial charge in [0.1, 0.15) is 5.15 Å². The van der Waals surface area contributed by atoms with Gasteiger partial charge in [-0.25, -0.2) is 4.98 Å². The van der Waals surface area contributed by atoms with Crippen LogP contribution in [-0.4, -0.2) is 22.5 Å². The van der Waals surface area contributed by atoms with Crippen molar-refractivity contribution in [3.8, 4) is 0 Å². The second-order valence-corrected chi connectivity index (χ2v) is 6.48. The lowest BCUT2D eigenvalue weighted by Crippen LogP contribution is -2.37. The van der Waals surface area contributed by atoms with E-state index in [4.69, 9.17) is 11.6 Å². The van der Waals surface area contributed by atoms with Gasteiger partial charge in [-0.1, -0.05) is 36.9 Å². The molecule has 0 spiro atoms. The van der Waals surface area contributed by atoms with Crippen LogP contribution in [0.4, 0.5) is 0 Å². The monoisotopic (exact) mass is 278 g/mol. The van der Waals surface area contributed by atoms with Crippen LogP contribution in [0.5, 0.6) is 0 Å². The zero-order valence-corrected chi connectivity index (χ0v) is 12.3. The molecule has 1 heterocycles. The molecule has 3 heteroatoms. The van der Waals surface area contributed by atoms with Crippen LogP contribution in [0.2, 0.25) is 5.15 Å². The highest BCUT2D eigenvalue weighted by Crippen LogP contribution is 2.33. The van der Waals surface area contributed by atoms with Crippen molar-refractivity contribution in [1.29, 1.82) is 0 Å². The number of pyridine rings is 1. The fourth-order valence-electron chi connectivity index (χ4n) is 3.18. The largest absolute Gasteiger partial charge is 0.296 e. The maximum Gasteiger partial charge on any atom is 0.133 e. The zero-order valence-electron chi connectivity index (χ0n) is 11.5. The number of aromatic nitrogens is 1. The molecule has 0 amide bonds. The van der Waals surface area contributed by atoms with E-state index in [0.29, 0.717) is 5.15 Å². The van der Waals surface area contributed by atoms with Crippen molar-refractivity contribution >= 4 is 11.6 Å². The fraction of sp³-hybridized carbons (Fsp3) is 0.688. The molecule has 2 fully saturated rings. The standard InChI is InChI=1S/C16H23ClN2/c17-16-14(5-4-10-18-16)12-19(11-13-8-9-13)15-6-2-1-3-7-15/h4-5,10,13,15H,1-3,6-9,11-12H2. The molecule has 0 atom stereocenters. The van der Waals surface area contributed by atoms with Crippen LogP contribution >= 0.6 is 11.6 Å². The summed E-state index contributed by atoms with van der Waals surface area (Å²) in [5.74, 6) is 0.942. The Balaban J connectivity index is 1.69. The van der Waals surface area contributed by atoms with E-state index < -0.39 is 0 Å². The molecule has 0 bridgehead atoms. The van der Waals surface area contributed by atoms with E-state index in [0.717, 1.165) is 18.5 Å². The number of halogens is 1. The third-order valence-corrected chi connectivity index (χ3v) is 4.83. The molecule has 1 aromatic rings. The number of hydrogen-bond acceptors (Lipinski definition) is 2. The Hall–Kier alpha value is -0.600. The normalized spacial score (nSPS) is 20.9. The van der Waals surface area contributed by atoms with E-state index in [1.165, 1.54) is 57.1 Å². The summed E-state index contributed by atoms with van der Waals surface area (Å²) < 4.78 is 0. The molecule has 0 saturated heterocycles. The average Bonchev–Trinajstić information content (AvgIpc) is 3.25. The Bertz CT molecular complexity index is 411. The Kier molecular flexibility index (Phi) is 4.39. The van der Waals surface area contributed by atoms with E-state index in [1.807, 2.05) is 6.07 Å². The maximum absolute atomic E-state index is 6.22. The van der Waals surface area contributed by atoms with Crippen molar-refractivity contribution in [3.05, 3.63) is 29.0 Å². The van der Waals surface area contributed by atoms with Crippen LogP contribution in [0.15, 0.2) is 18.3 Å². The first-order chi connectivity index (χ1) is 9.33. The molecular formula is C16H23ClN2. The molecular weight excluding hydrogens is 256 g/mol. The summed E-state index contributed by atoms with van der Waals surface area (Å²) >= 11 is 6.22. The second-order valence-electron chi connectivity index (χ2n) is 6.12. The van der Waals surface area contributed by atoms with Gasteiger partial charge in [0.25, 0.3) is 0 Å². The Labute approximate surface area is 121 Å². The van der Waals surface area contributed by atoms with E-state index in [1.54, 1.807) is 6.20 Å². The molecule has 2 aliphatic carbocycles. The first-order valence-corrected chi connectivity index (χ1v) is 8.04. The van der Waals surface area contributed by atoms with Crippen molar-refractivity contribution in [2.45, 2.75) is 57.5 Å². The smallest absolute Gasteiger partial charge is 0.133 e. The molecule has 0 aromatic carbocycles. The van der Waals surface area contributed by atoms with E-state index in [-0.39, 0.29) is 0 Å². The summed E-state index contributed by atoms with van der Waals surface area (Å²) in [5.41, 5.74) is 1.19. The van der Waals surface area contributed by atoms with Crippen LogP contribution < -0.4 is 0 Å². The average molecular weight is 279 g/mol. The highest BCUT2D eigenvalue weighted by Gasteiger charge is 2.29. The van der Waals surface area contributed by atoms with Gasteiger partial charge in [-0.05, 0) is 37.7 Å². The molecule has 2 nitrogen and oxygen atoms in total. The number of nitrogens with zero attached hydrogens (tertiary/aromatic N) is 2. The Morgan fingerprint density at radius 1 is 1.16 bits per heavy atom. The molecule has 0 N–H and O–H groups in total. The minimum Gasteiger partial charge on any atom is -0.296 e. The summed E-state index contributed by atoms with van der Waals surface area (Å²) in [6.45, 7) is 2.24. The lowest BCUT2D eigenvalue weighted by atomic mass is 9.93. The van der Waals surface area contributed by atoms with Crippen molar-refractivity contribution in [2.24, 2.45) is 5.92 Å². The third-order valence-electron chi connectivity index (χ3n) is 4.49. The van der Waals surface area contributed by atoms with Gasteiger partial charge in [0.2, 0.25) is 0 Å². The van der Waals surface area contributed by atoms with Gasteiger partial charge in [-0.15, -0.1) is 0 Å². The molecule has 2 aliphatic rings. The predicted molar refractivity (Wildman–Crippen MR) is 79.3 cm³/mol. The van der Waals surface area contributed by atoms with Crippen molar-refractivity contribution in [2.75, 3.05) is 6.54 Å². The minimum absolute atomic E-state index is 0.680. The summed E-state index contributed by atoms with van der Waals surface area (Å²) in [6.07, 6.45) is 11.6. The van der Waals surface area contributed by atoms with Gasteiger partial charge in [-0.3, -0.25) is 4.90 Å². The third kappa shape index (κ3) is 3.70. The van der Waals surface area contributed by atoms with Gasteiger partial charge in [0, 0.05) is 30.9 Å². The summed E-state index contributed by atoms with van der Waals surface area (Å²) in [4.78, 5) is 6.89. The summed E-state index contributed by atoms with van der Waals surface area (Å²) in [7, 11) is 0.